The van der Waals surface area contributed by atoms with Crippen LogP contribution < -0.4 is 5.32 Å². The van der Waals surface area contributed by atoms with E-state index < -0.39 is 22.9 Å². The van der Waals surface area contributed by atoms with Crippen LogP contribution in [-0.4, -0.2) is 50.3 Å². The lowest BCUT2D eigenvalue weighted by Gasteiger charge is -2.72. The molecule has 0 spiro atoms. The van der Waals surface area contributed by atoms with Gasteiger partial charge < -0.3 is 15.2 Å². The summed E-state index contributed by atoms with van der Waals surface area (Å²) in [5.41, 5.74) is 0.337. The average molecular weight is 712 g/mol. The second kappa shape index (κ2) is 12.7. The van der Waals surface area contributed by atoms with Crippen molar-refractivity contribution in [2.24, 2.45) is 50.7 Å². The van der Waals surface area contributed by atoms with Crippen molar-refractivity contribution in [1.82, 2.24) is 15.3 Å². The summed E-state index contributed by atoms with van der Waals surface area (Å²) >= 11 is 0. The highest BCUT2D eigenvalue weighted by Crippen LogP contribution is 2.76. The van der Waals surface area contributed by atoms with Gasteiger partial charge >= 0.3 is 11.9 Å². The van der Waals surface area contributed by atoms with Crippen LogP contribution in [0.3, 0.4) is 0 Å². The third-order valence-corrected chi connectivity index (χ3v) is 15.0. The standard InChI is InChI=1S/C40H57N3O6.ClH/c1-23(2)31-26(44)20-40(43-33(46)25-14-19-41-22-42-25)18-17-38(8)24(32(31)40)10-11-28-37(7)15-13-29(49-30(45)21-35(3,4)34(47)48)36(5,6)27(37)12-16-39(28,38)9;/h14,19,22-24,27-29H,10-13,15-18,20-21H2,1-9H3,(H,43,46)(H,47,48);1H/t24?,27?,28?,29-,37-,38+,39+,40+;/m0./s1. The van der Waals surface area contributed by atoms with Crippen LogP contribution in [0.1, 0.15) is 137 Å². The van der Waals surface area contributed by atoms with Gasteiger partial charge in [-0.15, -0.1) is 12.4 Å². The van der Waals surface area contributed by atoms with Crippen molar-refractivity contribution < 1.29 is 29.0 Å². The number of amides is 1. The number of rotatable bonds is 7. The van der Waals surface area contributed by atoms with E-state index in [1.165, 1.54) is 11.9 Å². The first-order chi connectivity index (χ1) is 22.7. The number of halogens is 1. The molecule has 0 saturated heterocycles. The van der Waals surface area contributed by atoms with Gasteiger partial charge in [-0.3, -0.25) is 19.2 Å². The van der Waals surface area contributed by atoms with E-state index in [1.54, 1.807) is 26.1 Å². The molecule has 4 fully saturated rings. The number of allylic oxidation sites excluding steroid dienone is 1. The molecular weight excluding hydrogens is 654 g/mol. The van der Waals surface area contributed by atoms with Crippen molar-refractivity contribution in [3.05, 3.63) is 35.4 Å². The van der Waals surface area contributed by atoms with Gasteiger partial charge in [-0.2, -0.15) is 0 Å². The Morgan fingerprint density at radius 2 is 1.68 bits per heavy atom. The minimum atomic E-state index is -1.17. The number of fused-ring (bicyclic) bond motifs is 7. The summed E-state index contributed by atoms with van der Waals surface area (Å²) in [6.07, 6.45) is 10.4. The van der Waals surface area contributed by atoms with Gasteiger partial charge in [-0.25, -0.2) is 9.97 Å². The van der Waals surface area contributed by atoms with E-state index >= 15 is 0 Å². The fourth-order valence-electron chi connectivity index (χ4n) is 12.3. The van der Waals surface area contributed by atoms with Gasteiger partial charge in [0.05, 0.1) is 17.4 Å². The highest BCUT2D eigenvalue weighted by molar-refractivity contribution is 6.03. The number of ketones is 1. The fraction of sp³-hybridized carbons (Fsp3) is 0.750. The van der Waals surface area contributed by atoms with Crippen LogP contribution in [0.25, 0.3) is 0 Å². The van der Waals surface area contributed by atoms with Crippen molar-refractivity contribution in [1.29, 1.82) is 0 Å². The van der Waals surface area contributed by atoms with Gasteiger partial charge in [0.25, 0.3) is 5.91 Å². The highest BCUT2D eigenvalue weighted by atomic mass is 35.5. The molecule has 2 N–H and O–H groups in total. The molecule has 5 aliphatic rings. The third-order valence-electron chi connectivity index (χ3n) is 15.0. The van der Waals surface area contributed by atoms with Crippen molar-refractivity contribution in [2.45, 2.75) is 138 Å². The number of carbonyl (C=O) groups is 4. The molecule has 0 aliphatic heterocycles. The molecule has 3 unspecified atom stereocenters. The van der Waals surface area contributed by atoms with E-state index in [1.807, 2.05) is 0 Å². The van der Waals surface area contributed by atoms with Gasteiger partial charge in [-0.05, 0) is 122 Å². The summed E-state index contributed by atoms with van der Waals surface area (Å²) in [7, 11) is 0. The van der Waals surface area contributed by atoms with Crippen LogP contribution >= 0.6 is 12.4 Å². The second-order valence-corrected chi connectivity index (χ2v) is 18.5. The zero-order chi connectivity index (χ0) is 35.9. The number of nitrogens with one attached hydrogen (secondary N) is 1. The fourth-order valence-corrected chi connectivity index (χ4v) is 12.3. The molecular formula is C40H58ClN3O6. The number of carboxylic acid groups (broad SMARTS) is 1. The Kier molecular flexibility index (Phi) is 9.76. The monoisotopic (exact) mass is 711 g/mol. The van der Waals surface area contributed by atoms with E-state index in [4.69, 9.17) is 4.74 Å². The number of carbonyl (C=O) groups excluding carboxylic acids is 3. The Morgan fingerprint density at radius 1 is 0.980 bits per heavy atom. The summed E-state index contributed by atoms with van der Waals surface area (Å²) in [6, 6.07) is 1.63. The predicted molar refractivity (Wildman–Crippen MR) is 192 cm³/mol. The van der Waals surface area contributed by atoms with E-state index in [0.717, 1.165) is 56.9 Å². The molecule has 5 aliphatic carbocycles. The van der Waals surface area contributed by atoms with E-state index in [-0.39, 0.29) is 70.1 Å². The lowest BCUT2D eigenvalue weighted by atomic mass is 9.33. The Hall–Kier alpha value is -2.81. The molecule has 1 aromatic rings. The summed E-state index contributed by atoms with van der Waals surface area (Å²) in [6.45, 7) is 19.4. The van der Waals surface area contributed by atoms with Crippen LogP contribution in [0.15, 0.2) is 29.7 Å². The largest absolute Gasteiger partial charge is 0.481 e. The first-order valence-corrected chi connectivity index (χ1v) is 18.5. The Morgan fingerprint density at radius 3 is 2.30 bits per heavy atom. The smallest absolute Gasteiger partial charge is 0.309 e. The molecule has 0 bridgehead atoms. The second-order valence-electron chi connectivity index (χ2n) is 18.5. The molecule has 276 valence electrons. The van der Waals surface area contributed by atoms with Crippen molar-refractivity contribution in [3.8, 4) is 0 Å². The summed E-state index contributed by atoms with van der Waals surface area (Å²) in [5, 5.41) is 13.0. The number of aromatic nitrogens is 2. The number of Topliss-reactive ketones (excluding diaryl/α,β-unsaturated/α-hetero) is 1. The predicted octanol–water partition coefficient (Wildman–Crippen LogP) is 7.77. The van der Waals surface area contributed by atoms with Crippen molar-refractivity contribution in [2.75, 3.05) is 0 Å². The van der Waals surface area contributed by atoms with Crippen LogP contribution in [0, 0.1) is 50.7 Å². The topological polar surface area (TPSA) is 136 Å². The molecule has 1 amide bonds. The average Bonchev–Trinajstić information content (AvgIpc) is 3.30. The molecule has 9 nitrogen and oxygen atoms in total. The van der Waals surface area contributed by atoms with Gasteiger partial charge in [0.2, 0.25) is 0 Å². The minimum absolute atomic E-state index is 0. The summed E-state index contributed by atoms with van der Waals surface area (Å²) in [4.78, 5) is 60.4. The zero-order valence-corrected chi connectivity index (χ0v) is 32.3. The van der Waals surface area contributed by atoms with E-state index in [9.17, 15) is 24.3 Å². The Labute approximate surface area is 304 Å². The van der Waals surface area contributed by atoms with E-state index in [2.05, 4.69) is 63.8 Å². The number of nitrogens with zero attached hydrogens (tertiary/aromatic N) is 2. The lowest BCUT2D eigenvalue weighted by molar-refractivity contribution is -0.232. The number of ether oxygens (including phenoxy) is 1. The quantitative estimate of drug-likeness (QED) is 0.274. The number of hydrogen-bond donors (Lipinski definition) is 2. The molecule has 10 heteroatoms. The molecule has 8 atom stereocenters. The number of aliphatic carboxylic acids is 1. The molecule has 6 rings (SSSR count). The number of carboxylic acids is 1. The van der Waals surface area contributed by atoms with Crippen LogP contribution in [0.2, 0.25) is 0 Å². The van der Waals surface area contributed by atoms with Crippen molar-refractivity contribution >= 4 is 36.0 Å². The third kappa shape index (κ3) is 5.63. The number of hydrogen-bond acceptors (Lipinski definition) is 7. The van der Waals surface area contributed by atoms with Crippen LogP contribution in [0.5, 0.6) is 0 Å². The maximum absolute atomic E-state index is 13.9. The SMILES string of the molecule is CC(C)C1=C2C3CCC4[C@@]5(C)CC[C@H](OC(=O)CC(C)(C)C(=O)O)C(C)(C)C5CC[C@@]4(C)[C@]3(C)CC[C@@]2(NC(=O)c2ccncn2)CC1=O.Cl. The number of esters is 1. The molecule has 4 saturated carbocycles. The van der Waals surface area contributed by atoms with Gasteiger partial charge in [0.15, 0.2) is 5.78 Å². The summed E-state index contributed by atoms with van der Waals surface area (Å²) in [5.74, 6) is -0.429. The highest BCUT2D eigenvalue weighted by Gasteiger charge is 2.70. The first-order valence-electron chi connectivity index (χ1n) is 18.5. The van der Waals surface area contributed by atoms with Crippen LogP contribution in [-0.2, 0) is 19.1 Å². The molecule has 1 aromatic heterocycles. The molecule has 0 aromatic carbocycles. The normalized spacial score (nSPS) is 37.4. The maximum Gasteiger partial charge on any atom is 0.309 e. The lowest BCUT2D eigenvalue weighted by Crippen LogP contribution is -2.67. The first kappa shape index (κ1) is 38.4. The van der Waals surface area contributed by atoms with Crippen molar-refractivity contribution in [3.63, 3.8) is 0 Å². The zero-order valence-electron chi connectivity index (χ0n) is 31.5. The van der Waals surface area contributed by atoms with Gasteiger partial charge in [0.1, 0.15) is 18.1 Å². The Balaban J connectivity index is 0.00000486. The molecule has 1 heterocycles. The minimum Gasteiger partial charge on any atom is -0.481 e. The summed E-state index contributed by atoms with van der Waals surface area (Å²) < 4.78 is 6.14. The molecule has 50 heavy (non-hydrogen) atoms. The molecule has 0 radical (unpaired) electrons. The van der Waals surface area contributed by atoms with Crippen LogP contribution in [0.4, 0.5) is 0 Å². The van der Waals surface area contributed by atoms with Gasteiger partial charge in [-0.1, -0.05) is 48.5 Å². The Bertz CT molecular complexity index is 1590. The van der Waals surface area contributed by atoms with Gasteiger partial charge in [0, 0.05) is 18.0 Å². The maximum atomic E-state index is 13.9. The van der Waals surface area contributed by atoms with E-state index in [0.29, 0.717) is 24.0 Å².